The lowest BCUT2D eigenvalue weighted by Crippen LogP contribution is -2.44. The van der Waals surface area contributed by atoms with Gasteiger partial charge in [-0.05, 0) is 62.0 Å². The summed E-state index contributed by atoms with van der Waals surface area (Å²) in [6.45, 7) is 6.20. The molecule has 1 saturated heterocycles. The van der Waals surface area contributed by atoms with Gasteiger partial charge in [0.15, 0.2) is 0 Å². The highest BCUT2D eigenvalue weighted by molar-refractivity contribution is 6.06. The number of likely N-dealkylation sites (N-methyl/N-ethyl adjacent to an activating group) is 1. The molecule has 1 amide bonds. The molecule has 3 aromatic carbocycles. The Balaban J connectivity index is 1.49. The van der Waals surface area contributed by atoms with Crippen LogP contribution in [0.2, 0.25) is 0 Å². The maximum absolute atomic E-state index is 13.0. The first-order valence-electron chi connectivity index (χ1n) is 10.3. The van der Waals surface area contributed by atoms with Crippen molar-refractivity contribution < 1.29 is 9.53 Å². The summed E-state index contributed by atoms with van der Waals surface area (Å²) < 4.78 is 5.93. The quantitative estimate of drug-likeness (QED) is 0.668. The molecule has 0 aliphatic carbocycles. The summed E-state index contributed by atoms with van der Waals surface area (Å²) in [7, 11) is 2.15. The van der Waals surface area contributed by atoms with Crippen LogP contribution < -0.4 is 15.0 Å². The summed E-state index contributed by atoms with van der Waals surface area (Å²) in [5.74, 6) is 1.05. The summed E-state index contributed by atoms with van der Waals surface area (Å²) in [5.41, 5.74) is 3.56. The first kappa shape index (κ1) is 20.0. The molecule has 0 unspecified atom stereocenters. The smallest absolute Gasteiger partial charge is 0.259 e. The minimum Gasteiger partial charge on any atom is -0.457 e. The molecule has 4 rings (SSSR count). The number of carbonyl (C=O) groups is 1. The molecule has 30 heavy (non-hydrogen) atoms. The standard InChI is InChI=1S/C25H27N3O2/c1-19-18-20(28-16-14-27(2)15-17-28)12-13-23(19)26-25(29)22-10-6-7-11-24(22)30-21-8-4-3-5-9-21/h3-13,18H,14-17H2,1-2H3,(H,26,29). The van der Waals surface area contributed by atoms with E-state index < -0.39 is 0 Å². The van der Waals surface area contributed by atoms with Crippen molar-refractivity contribution in [3.8, 4) is 11.5 Å². The molecule has 1 aliphatic rings. The van der Waals surface area contributed by atoms with Crippen LogP contribution in [0.4, 0.5) is 11.4 Å². The van der Waals surface area contributed by atoms with Gasteiger partial charge in [-0.3, -0.25) is 4.79 Å². The predicted molar refractivity (Wildman–Crippen MR) is 122 cm³/mol. The largest absolute Gasteiger partial charge is 0.457 e. The lowest BCUT2D eigenvalue weighted by Gasteiger charge is -2.34. The van der Waals surface area contributed by atoms with E-state index in [0.29, 0.717) is 17.1 Å². The third kappa shape index (κ3) is 4.63. The van der Waals surface area contributed by atoms with Crippen molar-refractivity contribution in [3.63, 3.8) is 0 Å². The molecule has 154 valence electrons. The topological polar surface area (TPSA) is 44.8 Å². The van der Waals surface area contributed by atoms with E-state index in [4.69, 9.17) is 4.74 Å². The van der Waals surface area contributed by atoms with Crippen molar-refractivity contribution in [1.29, 1.82) is 0 Å². The van der Waals surface area contributed by atoms with Crippen LogP contribution in [0.5, 0.6) is 11.5 Å². The Morgan fingerprint density at radius 3 is 2.33 bits per heavy atom. The van der Waals surface area contributed by atoms with Gasteiger partial charge in [-0.2, -0.15) is 0 Å². The predicted octanol–water partition coefficient (Wildman–Crippen LogP) is 4.79. The zero-order valence-electron chi connectivity index (χ0n) is 17.5. The Labute approximate surface area is 177 Å². The molecule has 1 aliphatic heterocycles. The van der Waals surface area contributed by atoms with E-state index in [0.717, 1.165) is 37.4 Å². The van der Waals surface area contributed by atoms with Crippen LogP contribution in [0.15, 0.2) is 72.8 Å². The fourth-order valence-corrected chi connectivity index (χ4v) is 3.60. The van der Waals surface area contributed by atoms with Gasteiger partial charge in [0.1, 0.15) is 11.5 Å². The van der Waals surface area contributed by atoms with Gasteiger partial charge in [-0.15, -0.1) is 0 Å². The number of hydrogen-bond donors (Lipinski definition) is 1. The van der Waals surface area contributed by atoms with Crippen molar-refractivity contribution in [2.24, 2.45) is 0 Å². The van der Waals surface area contributed by atoms with Crippen LogP contribution >= 0.6 is 0 Å². The third-order valence-electron chi connectivity index (χ3n) is 5.43. The normalized spacial score (nSPS) is 14.4. The van der Waals surface area contributed by atoms with Gasteiger partial charge >= 0.3 is 0 Å². The highest BCUT2D eigenvalue weighted by Crippen LogP contribution is 2.28. The minimum absolute atomic E-state index is 0.183. The van der Waals surface area contributed by atoms with Gasteiger partial charge in [-0.1, -0.05) is 30.3 Å². The second-order valence-electron chi connectivity index (χ2n) is 7.65. The Morgan fingerprint density at radius 2 is 1.60 bits per heavy atom. The first-order chi connectivity index (χ1) is 14.6. The molecule has 1 fully saturated rings. The number of anilines is 2. The number of rotatable bonds is 5. The summed E-state index contributed by atoms with van der Waals surface area (Å²) in [6, 6.07) is 23.0. The summed E-state index contributed by atoms with van der Waals surface area (Å²) in [6.07, 6.45) is 0. The molecule has 1 N–H and O–H groups in total. The Morgan fingerprint density at radius 1 is 0.900 bits per heavy atom. The maximum atomic E-state index is 13.0. The fourth-order valence-electron chi connectivity index (χ4n) is 3.60. The van der Waals surface area contributed by atoms with Crippen LogP contribution in [0, 0.1) is 6.92 Å². The summed E-state index contributed by atoms with van der Waals surface area (Å²) in [4.78, 5) is 17.7. The van der Waals surface area contributed by atoms with E-state index >= 15 is 0 Å². The van der Waals surface area contributed by atoms with Gasteiger partial charge in [-0.25, -0.2) is 0 Å². The fraction of sp³-hybridized carbons (Fsp3) is 0.240. The van der Waals surface area contributed by atoms with E-state index in [2.05, 4.69) is 34.3 Å². The molecule has 1 heterocycles. The van der Waals surface area contributed by atoms with Gasteiger partial charge in [0.2, 0.25) is 0 Å². The average Bonchev–Trinajstić information content (AvgIpc) is 2.77. The van der Waals surface area contributed by atoms with Gasteiger partial charge in [0.25, 0.3) is 5.91 Å². The van der Waals surface area contributed by atoms with Gasteiger partial charge in [0, 0.05) is 37.6 Å². The number of amides is 1. The lowest BCUT2D eigenvalue weighted by molar-refractivity contribution is 0.102. The zero-order valence-corrected chi connectivity index (χ0v) is 17.5. The molecule has 0 atom stereocenters. The number of ether oxygens (including phenoxy) is 1. The molecule has 0 saturated carbocycles. The number of aryl methyl sites for hydroxylation is 1. The van der Waals surface area contributed by atoms with Crippen LogP contribution in [-0.4, -0.2) is 44.0 Å². The molecular formula is C25H27N3O2. The molecule has 0 bridgehead atoms. The highest BCUT2D eigenvalue weighted by atomic mass is 16.5. The maximum Gasteiger partial charge on any atom is 0.259 e. The highest BCUT2D eigenvalue weighted by Gasteiger charge is 2.17. The Bertz CT molecular complexity index is 1010. The number of nitrogens with one attached hydrogen (secondary N) is 1. The SMILES string of the molecule is Cc1cc(N2CCN(C)CC2)ccc1NC(=O)c1ccccc1Oc1ccccc1. The van der Waals surface area contributed by atoms with Crippen LogP contribution in [-0.2, 0) is 0 Å². The molecule has 5 heteroatoms. The zero-order chi connectivity index (χ0) is 20.9. The van der Waals surface area contributed by atoms with Crippen molar-refractivity contribution in [1.82, 2.24) is 4.90 Å². The molecule has 0 radical (unpaired) electrons. The van der Waals surface area contributed by atoms with Crippen molar-refractivity contribution >= 4 is 17.3 Å². The van der Waals surface area contributed by atoms with Crippen molar-refractivity contribution in [2.45, 2.75) is 6.92 Å². The number of para-hydroxylation sites is 2. The Kier molecular flexibility index (Phi) is 6.00. The van der Waals surface area contributed by atoms with Crippen LogP contribution in [0.1, 0.15) is 15.9 Å². The monoisotopic (exact) mass is 401 g/mol. The number of benzene rings is 3. The first-order valence-corrected chi connectivity index (χ1v) is 10.3. The van der Waals surface area contributed by atoms with Gasteiger partial charge in [0.05, 0.1) is 5.56 Å². The number of carbonyl (C=O) groups excluding carboxylic acids is 1. The molecular weight excluding hydrogens is 374 g/mol. The van der Waals surface area contributed by atoms with E-state index in [1.807, 2.05) is 61.5 Å². The Hall–Kier alpha value is -3.31. The molecule has 0 spiro atoms. The van der Waals surface area contributed by atoms with E-state index in [1.54, 1.807) is 6.07 Å². The van der Waals surface area contributed by atoms with Crippen molar-refractivity contribution in [2.75, 3.05) is 43.4 Å². The summed E-state index contributed by atoms with van der Waals surface area (Å²) in [5, 5.41) is 3.04. The summed E-state index contributed by atoms with van der Waals surface area (Å²) >= 11 is 0. The van der Waals surface area contributed by atoms with Gasteiger partial charge < -0.3 is 19.9 Å². The number of piperazine rings is 1. The van der Waals surface area contributed by atoms with E-state index in [9.17, 15) is 4.79 Å². The minimum atomic E-state index is -0.183. The third-order valence-corrected chi connectivity index (χ3v) is 5.43. The second kappa shape index (κ2) is 9.01. The molecule has 3 aromatic rings. The lowest BCUT2D eigenvalue weighted by atomic mass is 10.1. The number of hydrogen-bond acceptors (Lipinski definition) is 4. The van der Waals surface area contributed by atoms with E-state index in [-0.39, 0.29) is 5.91 Å². The number of nitrogens with zero attached hydrogens (tertiary/aromatic N) is 2. The molecule has 5 nitrogen and oxygen atoms in total. The second-order valence-corrected chi connectivity index (χ2v) is 7.65. The average molecular weight is 402 g/mol. The van der Waals surface area contributed by atoms with E-state index in [1.165, 1.54) is 5.69 Å². The van der Waals surface area contributed by atoms with Crippen molar-refractivity contribution in [3.05, 3.63) is 83.9 Å². The van der Waals surface area contributed by atoms with Crippen LogP contribution in [0.3, 0.4) is 0 Å². The molecule has 0 aromatic heterocycles. The van der Waals surface area contributed by atoms with Crippen LogP contribution in [0.25, 0.3) is 0 Å².